The average Bonchev–Trinajstić information content (AvgIpc) is 3.41. The van der Waals surface area contributed by atoms with Gasteiger partial charge in [0.05, 0.1) is 12.0 Å². The first-order chi connectivity index (χ1) is 14.2. The number of fused-ring (bicyclic) bond motifs is 1. The van der Waals surface area contributed by atoms with Crippen LogP contribution in [0.4, 0.5) is 0 Å². The van der Waals surface area contributed by atoms with Gasteiger partial charge in [0, 0.05) is 5.92 Å². The minimum Gasteiger partial charge on any atom is -0.459 e. The molecule has 1 aliphatic heterocycles. The number of thioether (sulfide) groups is 1. The summed E-state index contributed by atoms with van der Waals surface area (Å²) in [7, 11) is 0. The third-order valence-electron chi connectivity index (χ3n) is 3.97. The van der Waals surface area contributed by atoms with Crippen LogP contribution in [0, 0.1) is 17.8 Å². The Balaban J connectivity index is 1.24. The molecule has 0 radical (unpaired) electrons. The molecule has 0 saturated carbocycles. The zero-order valence-corrected chi connectivity index (χ0v) is 15.8. The highest BCUT2D eigenvalue weighted by Gasteiger charge is 2.33. The van der Waals surface area contributed by atoms with E-state index in [1.807, 2.05) is 12.2 Å². The van der Waals surface area contributed by atoms with E-state index < -0.39 is 11.9 Å². The Kier molecular flexibility index (Phi) is 5.63. The van der Waals surface area contributed by atoms with Gasteiger partial charge in [-0.15, -0.1) is 10.2 Å². The van der Waals surface area contributed by atoms with Crippen molar-refractivity contribution in [2.75, 3.05) is 12.4 Å². The lowest BCUT2D eigenvalue weighted by Gasteiger charge is -2.26. The third kappa shape index (κ3) is 4.50. The maximum atomic E-state index is 12.1. The van der Waals surface area contributed by atoms with E-state index in [4.69, 9.17) is 18.3 Å². The van der Waals surface area contributed by atoms with Crippen molar-refractivity contribution >= 4 is 23.7 Å². The lowest BCUT2D eigenvalue weighted by Crippen LogP contribution is -2.33. The predicted octanol–water partition coefficient (Wildman–Crippen LogP) is 2.56. The number of ether oxygens (including phenoxy) is 2. The molecule has 9 heteroatoms. The lowest BCUT2D eigenvalue weighted by atomic mass is 9.93. The second kappa shape index (κ2) is 8.67. The highest BCUT2D eigenvalue weighted by atomic mass is 32.2. The molecule has 4 rings (SSSR count). The largest absolute Gasteiger partial charge is 0.459 e. The summed E-state index contributed by atoms with van der Waals surface area (Å²) in [6.07, 6.45) is 9.97. The summed E-state index contributed by atoms with van der Waals surface area (Å²) in [5.41, 5.74) is -0.112. The Morgan fingerprint density at radius 2 is 2.14 bits per heavy atom. The minimum atomic E-state index is -0.752. The van der Waals surface area contributed by atoms with Gasteiger partial charge in [0.1, 0.15) is 11.7 Å². The fraction of sp³-hybridized carbons (Fsp3) is 0.200. The first kappa shape index (κ1) is 18.8. The van der Waals surface area contributed by atoms with Crippen molar-refractivity contribution in [2.45, 2.75) is 11.3 Å². The van der Waals surface area contributed by atoms with E-state index in [1.165, 1.54) is 18.0 Å². The number of aromatic nitrogens is 2. The van der Waals surface area contributed by atoms with Crippen LogP contribution in [0.1, 0.15) is 0 Å². The van der Waals surface area contributed by atoms with Crippen molar-refractivity contribution < 1.29 is 27.9 Å². The van der Waals surface area contributed by atoms with Crippen LogP contribution in [0.3, 0.4) is 0 Å². The van der Waals surface area contributed by atoms with E-state index in [0.717, 1.165) is 0 Å². The second-order valence-electron chi connectivity index (χ2n) is 5.87. The number of carbonyl (C=O) groups excluding carboxylic acids is 2. The molecule has 0 amide bonds. The number of hydrogen-bond acceptors (Lipinski definition) is 9. The lowest BCUT2D eigenvalue weighted by molar-refractivity contribution is -0.150. The molecule has 0 saturated heterocycles. The van der Waals surface area contributed by atoms with E-state index in [1.54, 1.807) is 30.4 Å². The molecule has 29 heavy (non-hydrogen) atoms. The Labute approximate surface area is 169 Å². The summed E-state index contributed by atoms with van der Waals surface area (Å²) >= 11 is 1.24. The van der Waals surface area contributed by atoms with E-state index in [0.29, 0.717) is 16.7 Å². The van der Waals surface area contributed by atoms with E-state index in [-0.39, 0.29) is 30.1 Å². The normalized spacial score (nSPS) is 19.6. The smallest absolute Gasteiger partial charge is 0.346 e. The van der Waals surface area contributed by atoms with Gasteiger partial charge in [-0.1, -0.05) is 47.9 Å². The average molecular weight is 410 g/mol. The van der Waals surface area contributed by atoms with Crippen LogP contribution in [-0.2, 0) is 19.1 Å². The molecule has 1 aliphatic carbocycles. The summed E-state index contributed by atoms with van der Waals surface area (Å²) in [6.45, 7) is -0.144. The number of furan rings is 1. The molecule has 0 bridgehead atoms. The van der Waals surface area contributed by atoms with Gasteiger partial charge < -0.3 is 18.3 Å². The number of hydrogen-bond donors (Lipinski definition) is 0. The second-order valence-corrected chi connectivity index (χ2v) is 6.79. The first-order valence-electron chi connectivity index (χ1n) is 8.61. The highest BCUT2D eigenvalue weighted by Crippen LogP contribution is 2.26. The van der Waals surface area contributed by atoms with E-state index in [9.17, 15) is 9.59 Å². The number of allylic oxidation sites excluding steroid dienone is 2. The zero-order valence-electron chi connectivity index (χ0n) is 14.9. The number of nitrogens with zero attached hydrogens (tertiary/aromatic N) is 2. The summed E-state index contributed by atoms with van der Waals surface area (Å²) in [4.78, 5) is 24.1. The molecule has 2 aromatic rings. The van der Waals surface area contributed by atoms with Gasteiger partial charge in [-0.25, -0.2) is 9.59 Å². The Hall–Kier alpha value is -3.51. The molecule has 3 heterocycles. The summed E-state index contributed by atoms with van der Waals surface area (Å²) in [5, 5.41) is 8.11. The molecule has 2 unspecified atom stereocenters. The van der Waals surface area contributed by atoms with Crippen LogP contribution in [0.25, 0.3) is 11.7 Å². The molecule has 2 aliphatic rings. The van der Waals surface area contributed by atoms with Gasteiger partial charge in [-0.2, -0.15) is 0 Å². The molecule has 0 fully saturated rings. The number of esters is 2. The van der Waals surface area contributed by atoms with Crippen molar-refractivity contribution in [1.82, 2.24) is 10.2 Å². The molecule has 8 nitrogen and oxygen atoms in total. The van der Waals surface area contributed by atoms with Gasteiger partial charge in [-0.05, 0) is 18.2 Å². The molecule has 2 aromatic heterocycles. The molecule has 0 N–H and O–H groups in total. The van der Waals surface area contributed by atoms with E-state index in [2.05, 4.69) is 22.0 Å². The van der Waals surface area contributed by atoms with Crippen LogP contribution in [0.15, 0.2) is 68.4 Å². The van der Waals surface area contributed by atoms with Gasteiger partial charge in [0.25, 0.3) is 11.1 Å². The van der Waals surface area contributed by atoms with Crippen molar-refractivity contribution in [3.05, 3.63) is 54.3 Å². The first-order valence-corrected chi connectivity index (χ1v) is 9.60. The maximum absolute atomic E-state index is 12.1. The van der Waals surface area contributed by atoms with Crippen LogP contribution in [0.5, 0.6) is 0 Å². The number of rotatable bonds is 5. The summed E-state index contributed by atoms with van der Waals surface area (Å²) in [5.74, 6) is 5.06. The van der Waals surface area contributed by atoms with Crippen molar-refractivity contribution in [3.63, 3.8) is 0 Å². The predicted molar refractivity (Wildman–Crippen MR) is 101 cm³/mol. The Morgan fingerprint density at radius 3 is 3.00 bits per heavy atom. The molecule has 0 spiro atoms. The fourth-order valence-corrected chi connectivity index (χ4v) is 3.15. The van der Waals surface area contributed by atoms with Crippen molar-refractivity contribution in [3.8, 4) is 23.5 Å². The molecule has 2 atom stereocenters. The van der Waals surface area contributed by atoms with Crippen LogP contribution >= 0.6 is 11.8 Å². The zero-order chi connectivity index (χ0) is 20.1. The van der Waals surface area contributed by atoms with Crippen LogP contribution in [0.2, 0.25) is 0 Å². The van der Waals surface area contributed by atoms with Crippen LogP contribution in [-0.4, -0.2) is 40.6 Å². The Morgan fingerprint density at radius 1 is 1.24 bits per heavy atom. The molecule has 146 valence electrons. The van der Waals surface area contributed by atoms with Gasteiger partial charge in [0.15, 0.2) is 12.4 Å². The van der Waals surface area contributed by atoms with Crippen LogP contribution < -0.4 is 0 Å². The topological polar surface area (TPSA) is 105 Å². The van der Waals surface area contributed by atoms with Gasteiger partial charge in [0.2, 0.25) is 0 Å². The molecular weight excluding hydrogens is 396 g/mol. The van der Waals surface area contributed by atoms with E-state index >= 15 is 0 Å². The summed E-state index contributed by atoms with van der Waals surface area (Å²) < 4.78 is 20.9. The highest BCUT2D eigenvalue weighted by molar-refractivity contribution is 7.99. The quantitative estimate of drug-likeness (QED) is 0.318. The standard InChI is InChI=1S/C20H14N2O6S/c23-18(14-12-13-6-1-2-7-15(13)27-19(14)24)26-9-3-4-11-29-20-22-21-17(28-20)16-8-5-10-25-16/h1-2,5-8,10,12-13,15H,9,11H2. The SMILES string of the molecule is O=C(OCC#CCSc1nnc(-c2ccco2)o1)C1=CC2C=CC=CC2OC1=O. The minimum absolute atomic E-state index is 0.112. The third-order valence-corrected chi connectivity index (χ3v) is 4.67. The molecule has 0 aromatic carbocycles. The summed E-state index contributed by atoms with van der Waals surface area (Å²) in [6, 6.07) is 3.44. The molecular formula is C20H14N2O6S. The Bertz CT molecular complexity index is 1050. The fourth-order valence-electron chi connectivity index (χ4n) is 2.62. The van der Waals surface area contributed by atoms with Gasteiger partial charge in [-0.3, -0.25) is 0 Å². The van der Waals surface area contributed by atoms with Crippen molar-refractivity contribution in [2.24, 2.45) is 5.92 Å². The monoisotopic (exact) mass is 410 g/mol. The number of carbonyl (C=O) groups is 2. The maximum Gasteiger partial charge on any atom is 0.346 e. The van der Waals surface area contributed by atoms with Gasteiger partial charge >= 0.3 is 11.9 Å². The van der Waals surface area contributed by atoms with Crippen molar-refractivity contribution in [1.29, 1.82) is 0 Å².